The Balaban J connectivity index is 1.48. The first-order valence-corrected chi connectivity index (χ1v) is 13.3. The molecule has 6 nitrogen and oxygen atoms in total. The van der Waals surface area contributed by atoms with Gasteiger partial charge in [0.1, 0.15) is 5.82 Å². The van der Waals surface area contributed by atoms with Gasteiger partial charge in [-0.3, -0.25) is 4.79 Å². The zero-order chi connectivity index (χ0) is 25.6. The van der Waals surface area contributed by atoms with Gasteiger partial charge in [-0.1, -0.05) is 43.7 Å². The number of unbranched alkanes of at least 4 members (excludes halogenated alkanes) is 3. The van der Waals surface area contributed by atoms with Crippen molar-refractivity contribution in [1.82, 2.24) is 14.9 Å². The molecule has 0 aliphatic carbocycles. The van der Waals surface area contributed by atoms with Crippen molar-refractivity contribution in [2.24, 2.45) is 0 Å². The Kier molecular flexibility index (Phi) is 11.4. The second kappa shape index (κ2) is 15.0. The zero-order valence-electron chi connectivity index (χ0n) is 22.1. The van der Waals surface area contributed by atoms with E-state index in [1.54, 1.807) is 7.11 Å². The summed E-state index contributed by atoms with van der Waals surface area (Å²) in [7, 11) is 1.68. The standard InChI is InChI=1S/C30H41N3O3/c1-4-13-24-18-19-27(28(23-24)35-3)36-22-12-11-21-33-26-16-9-8-15-25(26)32-29(33)17-7-6-10-20-31-30(34)14-5-2/h4,8-9,13,15-16,18-19,23H,5-7,10-12,14,17,20-22H2,1-3H3,(H,31,34)/b13-4+. The third-order valence-electron chi connectivity index (χ3n) is 6.19. The van der Waals surface area contributed by atoms with E-state index in [0.29, 0.717) is 13.0 Å². The Morgan fingerprint density at radius 3 is 2.72 bits per heavy atom. The number of methoxy groups -OCH3 is 1. The molecular formula is C30H41N3O3. The SMILES string of the molecule is C/C=C/c1ccc(OCCCCn2c(CCCCCNC(=O)CCC)nc3ccccc32)c(OC)c1. The van der Waals surface area contributed by atoms with Crippen LogP contribution in [0.25, 0.3) is 17.1 Å². The highest BCUT2D eigenvalue weighted by Crippen LogP contribution is 2.29. The largest absolute Gasteiger partial charge is 0.493 e. The van der Waals surface area contributed by atoms with Gasteiger partial charge in [0.25, 0.3) is 0 Å². The van der Waals surface area contributed by atoms with Crippen LogP contribution in [-0.4, -0.2) is 35.7 Å². The second-order valence-electron chi connectivity index (χ2n) is 9.04. The molecule has 0 unspecified atom stereocenters. The lowest BCUT2D eigenvalue weighted by molar-refractivity contribution is -0.121. The van der Waals surface area contributed by atoms with Crippen molar-refractivity contribution in [3.63, 3.8) is 0 Å². The van der Waals surface area contributed by atoms with E-state index >= 15 is 0 Å². The molecule has 0 aliphatic heterocycles. The quantitative estimate of drug-likeness (QED) is 0.230. The van der Waals surface area contributed by atoms with Gasteiger partial charge in [0.05, 0.1) is 24.8 Å². The smallest absolute Gasteiger partial charge is 0.219 e. The number of ether oxygens (including phenoxy) is 2. The van der Waals surface area contributed by atoms with Crippen LogP contribution >= 0.6 is 0 Å². The van der Waals surface area contributed by atoms with E-state index in [-0.39, 0.29) is 5.91 Å². The summed E-state index contributed by atoms with van der Waals surface area (Å²) in [6.45, 7) is 6.36. The maximum atomic E-state index is 11.6. The minimum atomic E-state index is 0.160. The Morgan fingerprint density at radius 2 is 1.92 bits per heavy atom. The number of allylic oxidation sites excluding steroid dienone is 1. The molecule has 0 saturated carbocycles. The molecule has 3 aromatic rings. The van der Waals surface area contributed by atoms with Gasteiger partial charge in [-0.05, 0) is 68.9 Å². The highest BCUT2D eigenvalue weighted by atomic mass is 16.5. The number of carbonyl (C=O) groups excluding carboxylic acids is 1. The Hall–Kier alpha value is -3.28. The summed E-state index contributed by atoms with van der Waals surface area (Å²) in [6, 6.07) is 14.4. The van der Waals surface area contributed by atoms with Crippen molar-refractivity contribution in [1.29, 1.82) is 0 Å². The highest BCUT2D eigenvalue weighted by Gasteiger charge is 2.11. The number of aromatic nitrogens is 2. The van der Waals surface area contributed by atoms with Crippen LogP contribution in [0.5, 0.6) is 11.5 Å². The van der Waals surface area contributed by atoms with Crippen molar-refractivity contribution >= 4 is 23.0 Å². The van der Waals surface area contributed by atoms with Gasteiger partial charge in [0, 0.05) is 25.9 Å². The second-order valence-corrected chi connectivity index (χ2v) is 9.04. The molecule has 36 heavy (non-hydrogen) atoms. The molecule has 0 saturated heterocycles. The van der Waals surface area contributed by atoms with Crippen LogP contribution < -0.4 is 14.8 Å². The molecule has 0 fully saturated rings. The number of hydrogen-bond acceptors (Lipinski definition) is 4. The van der Waals surface area contributed by atoms with Gasteiger partial charge >= 0.3 is 0 Å². The first-order valence-electron chi connectivity index (χ1n) is 13.3. The summed E-state index contributed by atoms with van der Waals surface area (Å²) >= 11 is 0. The third-order valence-corrected chi connectivity index (χ3v) is 6.19. The van der Waals surface area contributed by atoms with Gasteiger partial charge in [-0.25, -0.2) is 4.98 Å². The summed E-state index contributed by atoms with van der Waals surface area (Å²) in [5, 5.41) is 3.00. The Labute approximate surface area is 215 Å². The average Bonchev–Trinajstić information content (AvgIpc) is 3.24. The van der Waals surface area contributed by atoms with Crippen molar-refractivity contribution in [3.8, 4) is 11.5 Å². The molecule has 6 heteroatoms. The number of nitrogens with zero attached hydrogens (tertiary/aromatic N) is 2. The van der Waals surface area contributed by atoms with Crippen LogP contribution in [0.1, 0.15) is 70.2 Å². The Bertz CT molecular complexity index is 1120. The number of nitrogens with one attached hydrogen (secondary N) is 1. The van der Waals surface area contributed by atoms with Crippen LogP contribution in [0.3, 0.4) is 0 Å². The first-order chi connectivity index (χ1) is 17.7. The lowest BCUT2D eigenvalue weighted by Crippen LogP contribution is -2.23. The molecule has 0 aliphatic rings. The van der Waals surface area contributed by atoms with Gasteiger partial charge in [0.15, 0.2) is 11.5 Å². The fraction of sp³-hybridized carbons (Fsp3) is 0.467. The molecule has 1 heterocycles. The summed E-state index contributed by atoms with van der Waals surface area (Å²) < 4.78 is 13.9. The fourth-order valence-corrected chi connectivity index (χ4v) is 4.35. The summed E-state index contributed by atoms with van der Waals surface area (Å²) in [4.78, 5) is 16.5. The number of aryl methyl sites for hydroxylation is 2. The predicted octanol–water partition coefficient (Wildman–Crippen LogP) is 6.57. The zero-order valence-corrected chi connectivity index (χ0v) is 22.1. The molecule has 1 N–H and O–H groups in total. The first kappa shape index (κ1) is 27.3. The number of hydrogen-bond donors (Lipinski definition) is 1. The minimum absolute atomic E-state index is 0.160. The number of fused-ring (bicyclic) bond motifs is 1. The molecule has 0 radical (unpaired) electrons. The highest BCUT2D eigenvalue weighted by molar-refractivity contribution is 5.76. The van der Waals surface area contributed by atoms with Crippen LogP contribution in [-0.2, 0) is 17.8 Å². The summed E-state index contributed by atoms with van der Waals surface area (Å²) in [5.41, 5.74) is 3.35. The number of amides is 1. The number of carbonyl (C=O) groups is 1. The van der Waals surface area contributed by atoms with E-state index in [1.165, 1.54) is 5.52 Å². The van der Waals surface area contributed by atoms with E-state index in [9.17, 15) is 4.79 Å². The number of imidazole rings is 1. The molecular weight excluding hydrogens is 450 g/mol. The van der Waals surface area contributed by atoms with Crippen LogP contribution in [0.4, 0.5) is 0 Å². The van der Waals surface area contributed by atoms with E-state index in [4.69, 9.17) is 14.5 Å². The minimum Gasteiger partial charge on any atom is -0.493 e. The molecule has 0 atom stereocenters. The Morgan fingerprint density at radius 1 is 1.06 bits per heavy atom. The summed E-state index contributed by atoms with van der Waals surface area (Å²) in [6.07, 6.45) is 11.6. The lowest BCUT2D eigenvalue weighted by Gasteiger charge is -2.12. The number of rotatable bonds is 16. The molecule has 0 spiro atoms. The maximum Gasteiger partial charge on any atom is 0.219 e. The molecule has 1 aromatic heterocycles. The fourth-order valence-electron chi connectivity index (χ4n) is 4.35. The van der Waals surface area contributed by atoms with Crippen molar-refractivity contribution in [3.05, 3.63) is 59.9 Å². The molecule has 1 amide bonds. The molecule has 3 rings (SSSR count). The number of para-hydroxylation sites is 2. The summed E-state index contributed by atoms with van der Waals surface area (Å²) in [5.74, 6) is 2.85. The van der Waals surface area contributed by atoms with E-state index in [0.717, 1.165) is 86.4 Å². The monoisotopic (exact) mass is 491 g/mol. The maximum absolute atomic E-state index is 11.6. The van der Waals surface area contributed by atoms with Crippen molar-refractivity contribution < 1.29 is 14.3 Å². The van der Waals surface area contributed by atoms with Gasteiger partial charge < -0.3 is 19.4 Å². The third kappa shape index (κ3) is 8.14. The van der Waals surface area contributed by atoms with Gasteiger partial charge in [-0.15, -0.1) is 0 Å². The normalized spacial score (nSPS) is 11.3. The molecule has 194 valence electrons. The van der Waals surface area contributed by atoms with Crippen molar-refractivity contribution in [2.45, 2.75) is 71.8 Å². The van der Waals surface area contributed by atoms with Gasteiger partial charge in [-0.2, -0.15) is 0 Å². The van der Waals surface area contributed by atoms with E-state index < -0.39 is 0 Å². The average molecular weight is 492 g/mol. The topological polar surface area (TPSA) is 65.4 Å². The van der Waals surface area contributed by atoms with Crippen LogP contribution in [0.2, 0.25) is 0 Å². The van der Waals surface area contributed by atoms with Crippen LogP contribution in [0, 0.1) is 0 Å². The molecule has 0 bridgehead atoms. The van der Waals surface area contributed by atoms with Crippen LogP contribution in [0.15, 0.2) is 48.5 Å². The van der Waals surface area contributed by atoms with E-state index in [1.807, 2.05) is 50.3 Å². The predicted molar refractivity (Wildman–Crippen MR) is 148 cm³/mol. The molecule has 2 aromatic carbocycles. The lowest BCUT2D eigenvalue weighted by atomic mass is 10.2. The van der Waals surface area contributed by atoms with Crippen molar-refractivity contribution in [2.75, 3.05) is 20.3 Å². The van der Waals surface area contributed by atoms with E-state index in [2.05, 4.69) is 28.1 Å². The van der Waals surface area contributed by atoms with Gasteiger partial charge in [0.2, 0.25) is 5.91 Å². The number of benzene rings is 2.